The summed E-state index contributed by atoms with van der Waals surface area (Å²) in [5.41, 5.74) is -0.270. The first-order valence-corrected chi connectivity index (χ1v) is 9.52. The first-order chi connectivity index (χ1) is 10.2. The Bertz CT molecular complexity index is 500. The van der Waals surface area contributed by atoms with Gasteiger partial charge in [-0.05, 0) is 62.1 Å². The van der Waals surface area contributed by atoms with E-state index in [1.54, 1.807) is 0 Å². The minimum atomic E-state index is -0.270. The molecular formula is C17H23BrN2S. The van der Waals surface area contributed by atoms with Crippen LogP contribution in [0.1, 0.15) is 39.0 Å². The largest absolute Gasteiger partial charge is 0.299 e. The molecule has 4 heteroatoms. The second-order valence-electron chi connectivity index (χ2n) is 5.69. The number of hydrogen-bond acceptors (Lipinski definition) is 3. The summed E-state index contributed by atoms with van der Waals surface area (Å²) in [7, 11) is 0. The molecule has 0 heterocycles. The van der Waals surface area contributed by atoms with Crippen LogP contribution in [0.25, 0.3) is 0 Å². The smallest absolute Gasteiger partial charge is 0.109 e. The summed E-state index contributed by atoms with van der Waals surface area (Å²) in [5.74, 6) is 1.58. The Morgan fingerprint density at radius 2 is 2.38 bits per heavy atom. The highest BCUT2D eigenvalue weighted by atomic mass is 79.9. The van der Waals surface area contributed by atoms with Gasteiger partial charge in [-0.3, -0.25) is 5.32 Å². The lowest BCUT2D eigenvalue weighted by Crippen LogP contribution is -2.47. The molecule has 1 aliphatic carbocycles. The van der Waals surface area contributed by atoms with Gasteiger partial charge in [-0.1, -0.05) is 35.3 Å². The molecule has 2 unspecified atom stereocenters. The maximum atomic E-state index is 9.64. The van der Waals surface area contributed by atoms with Gasteiger partial charge in [-0.25, -0.2) is 0 Å². The molecule has 0 aromatic heterocycles. The average molecular weight is 367 g/mol. The summed E-state index contributed by atoms with van der Waals surface area (Å²) < 4.78 is 1.13. The monoisotopic (exact) mass is 366 g/mol. The molecule has 2 atom stereocenters. The van der Waals surface area contributed by atoms with Gasteiger partial charge in [-0.2, -0.15) is 5.26 Å². The number of nitriles is 1. The van der Waals surface area contributed by atoms with Gasteiger partial charge in [0, 0.05) is 9.37 Å². The molecule has 1 aromatic carbocycles. The summed E-state index contributed by atoms with van der Waals surface area (Å²) in [4.78, 5) is 1.30. The topological polar surface area (TPSA) is 35.8 Å². The van der Waals surface area contributed by atoms with Crippen molar-refractivity contribution >= 4 is 27.7 Å². The fraction of sp³-hybridized carbons (Fsp3) is 0.588. The van der Waals surface area contributed by atoms with E-state index in [0.29, 0.717) is 5.92 Å². The van der Waals surface area contributed by atoms with Gasteiger partial charge >= 0.3 is 0 Å². The molecule has 2 nitrogen and oxygen atoms in total. The van der Waals surface area contributed by atoms with Crippen molar-refractivity contribution in [3.05, 3.63) is 28.7 Å². The number of hydrogen-bond donors (Lipinski definition) is 1. The Balaban J connectivity index is 1.88. The van der Waals surface area contributed by atoms with Crippen LogP contribution in [0.4, 0.5) is 0 Å². The van der Waals surface area contributed by atoms with E-state index in [1.807, 2.05) is 11.8 Å². The van der Waals surface area contributed by atoms with Crippen LogP contribution >= 0.6 is 27.7 Å². The predicted octanol–water partition coefficient (Wildman–Crippen LogP) is 4.99. The van der Waals surface area contributed by atoms with Gasteiger partial charge in [0.05, 0.1) is 6.07 Å². The third-order valence-corrected chi connectivity index (χ3v) is 5.76. The summed E-state index contributed by atoms with van der Waals surface area (Å²) in [6.45, 7) is 3.11. The fourth-order valence-electron chi connectivity index (χ4n) is 3.11. The second-order valence-corrected chi connectivity index (χ2v) is 7.78. The van der Waals surface area contributed by atoms with E-state index in [9.17, 15) is 5.26 Å². The fourth-order valence-corrected chi connectivity index (χ4v) is 4.69. The molecule has 21 heavy (non-hydrogen) atoms. The molecule has 1 saturated carbocycles. The SMILES string of the molecule is CCCNC1(C#N)CCCC1CCSc1cccc(Br)c1. The molecule has 0 radical (unpaired) electrons. The van der Waals surface area contributed by atoms with Gasteiger partial charge < -0.3 is 0 Å². The highest BCUT2D eigenvalue weighted by molar-refractivity contribution is 9.10. The minimum absolute atomic E-state index is 0.270. The number of benzene rings is 1. The molecule has 1 N–H and O–H groups in total. The van der Waals surface area contributed by atoms with Crippen LogP contribution in [-0.4, -0.2) is 17.8 Å². The molecule has 0 aliphatic heterocycles. The zero-order valence-electron chi connectivity index (χ0n) is 12.6. The van der Waals surface area contributed by atoms with E-state index in [2.05, 4.69) is 58.5 Å². The zero-order chi connectivity index (χ0) is 15.1. The lowest BCUT2D eigenvalue weighted by molar-refractivity contribution is 0.311. The van der Waals surface area contributed by atoms with Gasteiger partial charge in [0.25, 0.3) is 0 Å². The average Bonchev–Trinajstić information content (AvgIpc) is 2.89. The van der Waals surface area contributed by atoms with Crippen molar-refractivity contribution in [1.29, 1.82) is 5.26 Å². The Morgan fingerprint density at radius 3 is 3.10 bits per heavy atom. The molecule has 0 bridgehead atoms. The van der Waals surface area contributed by atoms with E-state index in [0.717, 1.165) is 36.0 Å². The third-order valence-electron chi connectivity index (χ3n) is 4.24. The molecule has 114 valence electrons. The Hall–Kier alpha value is -0.500. The van der Waals surface area contributed by atoms with Gasteiger partial charge in [0.2, 0.25) is 0 Å². The van der Waals surface area contributed by atoms with E-state index < -0.39 is 0 Å². The minimum Gasteiger partial charge on any atom is -0.299 e. The normalized spacial score (nSPS) is 24.9. The van der Waals surface area contributed by atoms with E-state index in [1.165, 1.54) is 17.7 Å². The van der Waals surface area contributed by atoms with Crippen LogP contribution in [0.3, 0.4) is 0 Å². The van der Waals surface area contributed by atoms with Gasteiger partial charge in [0.1, 0.15) is 5.54 Å². The van der Waals surface area contributed by atoms with Crippen molar-refractivity contribution in [2.24, 2.45) is 5.92 Å². The van der Waals surface area contributed by atoms with Crippen molar-refractivity contribution < 1.29 is 0 Å². The van der Waals surface area contributed by atoms with Crippen LogP contribution in [0.15, 0.2) is 33.6 Å². The van der Waals surface area contributed by atoms with Crippen molar-refractivity contribution in [3.8, 4) is 6.07 Å². The van der Waals surface area contributed by atoms with Crippen LogP contribution in [0.2, 0.25) is 0 Å². The van der Waals surface area contributed by atoms with Crippen molar-refractivity contribution in [1.82, 2.24) is 5.32 Å². The molecule has 0 saturated heterocycles. The number of rotatable bonds is 7. The lowest BCUT2D eigenvalue weighted by Gasteiger charge is -2.30. The Kier molecular flexibility index (Phi) is 6.60. The molecular weight excluding hydrogens is 344 g/mol. The summed E-state index contributed by atoms with van der Waals surface area (Å²) in [6, 6.07) is 11.0. The number of nitrogens with one attached hydrogen (secondary N) is 1. The summed E-state index contributed by atoms with van der Waals surface area (Å²) in [6.07, 6.45) is 5.57. The molecule has 0 spiro atoms. The maximum Gasteiger partial charge on any atom is 0.109 e. The predicted molar refractivity (Wildman–Crippen MR) is 93.5 cm³/mol. The zero-order valence-corrected chi connectivity index (χ0v) is 15.0. The van der Waals surface area contributed by atoms with Crippen LogP contribution in [0, 0.1) is 17.2 Å². The number of halogens is 1. The van der Waals surface area contributed by atoms with E-state index in [4.69, 9.17) is 0 Å². The first-order valence-electron chi connectivity index (χ1n) is 7.75. The molecule has 1 fully saturated rings. The van der Waals surface area contributed by atoms with Crippen LogP contribution in [-0.2, 0) is 0 Å². The van der Waals surface area contributed by atoms with Crippen molar-refractivity contribution in [3.63, 3.8) is 0 Å². The number of nitrogens with zero attached hydrogens (tertiary/aromatic N) is 1. The molecule has 1 aromatic rings. The third kappa shape index (κ3) is 4.48. The molecule has 0 amide bonds. The van der Waals surface area contributed by atoms with E-state index in [-0.39, 0.29) is 5.54 Å². The Morgan fingerprint density at radius 1 is 1.52 bits per heavy atom. The van der Waals surface area contributed by atoms with E-state index >= 15 is 0 Å². The lowest BCUT2D eigenvalue weighted by atomic mass is 9.86. The quantitative estimate of drug-likeness (QED) is 0.690. The summed E-state index contributed by atoms with van der Waals surface area (Å²) in [5, 5.41) is 13.2. The van der Waals surface area contributed by atoms with Crippen molar-refractivity contribution in [2.45, 2.75) is 49.5 Å². The highest BCUT2D eigenvalue weighted by Crippen LogP contribution is 2.39. The number of thioether (sulfide) groups is 1. The van der Waals surface area contributed by atoms with Crippen LogP contribution in [0.5, 0.6) is 0 Å². The van der Waals surface area contributed by atoms with Crippen LogP contribution < -0.4 is 5.32 Å². The highest BCUT2D eigenvalue weighted by Gasteiger charge is 2.42. The Labute approximate surface area is 140 Å². The van der Waals surface area contributed by atoms with Gasteiger partial charge in [-0.15, -0.1) is 11.8 Å². The molecule has 1 aliphatic rings. The second kappa shape index (κ2) is 8.22. The summed E-state index contributed by atoms with van der Waals surface area (Å²) >= 11 is 5.40. The molecule has 2 rings (SSSR count). The first kappa shape index (κ1) is 16.9. The van der Waals surface area contributed by atoms with Gasteiger partial charge in [0.15, 0.2) is 0 Å². The van der Waals surface area contributed by atoms with Crippen molar-refractivity contribution in [2.75, 3.05) is 12.3 Å². The standard InChI is InChI=1S/C17H23BrN2S/c1-2-10-20-17(13-19)9-4-5-14(17)8-11-21-16-7-3-6-15(18)12-16/h3,6-7,12,14,20H,2,4-5,8-11H2,1H3. The maximum absolute atomic E-state index is 9.64.